The summed E-state index contributed by atoms with van der Waals surface area (Å²) < 4.78 is 0. The van der Waals surface area contributed by atoms with E-state index < -0.39 is 0 Å². The van der Waals surface area contributed by atoms with Crippen molar-refractivity contribution < 1.29 is 4.79 Å². The lowest BCUT2D eigenvalue weighted by molar-refractivity contribution is -0.118. The molecule has 0 saturated heterocycles. The molecule has 0 atom stereocenters. The Labute approximate surface area is 89.3 Å². The Kier molecular flexibility index (Phi) is 4.03. The van der Waals surface area contributed by atoms with E-state index in [0.717, 1.165) is 17.2 Å². The van der Waals surface area contributed by atoms with Crippen molar-refractivity contribution in [3.05, 3.63) is 17.6 Å². The minimum Gasteiger partial charge on any atom is -0.367 e. The number of carbonyl (C=O) groups is 1. The number of nitrogens with zero attached hydrogens (tertiary/aromatic N) is 2. The van der Waals surface area contributed by atoms with Crippen LogP contribution in [0.25, 0.3) is 0 Å². The average Bonchev–Trinajstić information content (AvgIpc) is 2.18. The number of aromatic nitrogens is 2. The van der Waals surface area contributed by atoms with Crippen molar-refractivity contribution in [2.45, 2.75) is 20.8 Å². The average molecular weight is 208 g/mol. The summed E-state index contributed by atoms with van der Waals surface area (Å²) in [5.74, 6) is 0.714. The first-order chi connectivity index (χ1) is 7.09. The van der Waals surface area contributed by atoms with E-state index in [9.17, 15) is 4.79 Å². The molecule has 1 rings (SSSR count). The largest absolute Gasteiger partial charge is 0.367 e. The van der Waals surface area contributed by atoms with Crippen molar-refractivity contribution in [2.75, 3.05) is 18.4 Å². The van der Waals surface area contributed by atoms with Gasteiger partial charge < -0.3 is 10.6 Å². The van der Waals surface area contributed by atoms with Gasteiger partial charge in [-0.3, -0.25) is 9.78 Å². The molecule has 0 aliphatic rings. The Morgan fingerprint density at radius 3 is 2.67 bits per heavy atom. The van der Waals surface area contributed by atoms with Gasteiger partial charge in [0.1, 0.15) is 5.82 Å². The van der Waals surface area contributed by atoms with Crippen LogP contribution in [-0.4, -0.2) is 29.0 Å². The van der Waals surface area contributed by atoms with Gasteiger partial charge >= 0.3 is 0 Å². The van der Waals surface area contributed by atoms with Gasteiger partial charge in [0.2, 0.25) is 5.91 Å². The van der Waals surface area contributed by atoms with E-state index in [1.807, 2.05) is 13.8 Å². The molecule has 15 heavy (non-hydrogen) atoms. The van der Waals surface area contributed by atoms with Gasteiger partial charge in [-0.15, -0.1) is 0 Å². The van der Waals surface area contributed by atoms with Crippen LogP contribution in [0.15, 0.2) is 6.20 Å². The molecule has 2 N–H and O–H groups in total. The van der Waals surface area contributed by atoms with Crippen molar-refractivity contribution in [3.8, 4) is 0 Å². The highest BCUT2D eigenvalue weighted by Gasteiger charge is 1.98. The zero-order valence-electron chi connectivity index (χ0n) is 9.29. The summed E-state index contributed by atoms with van der Waals surface area (Å²) in [6.45, 7) is 6.57. The molecular formula is C10H16N4O. The van der Waals surface area contributed by atoms with Gasteiger partial charge in [0.15, 0.2) is 0 Å². The molecule has 0 fully saturated rings. The Balaban J connectivity index is 2.38. The second kappa shape index (κ2) is 5.29. The molecule has 1 amide bonds. The fourth-order valence-corrected chi connectivity index (χ4v) is 1.06. The smallest absolute Gasteiger partial charge is 0.216 e. The Morgan fingerprint density at radius 2 is 2.07 bits per heavy atom. The third kappa shape index (κ3) is 3.93. The summed E-state index contributed by atoms with van der Waals surface area (Å²) in [6.07, 6.45) is 1.69. The van der Waals surface area contributed by atoms with Crippen molar-refractivity contribution in [1.82, 2.24) is 15.3 Å². The second-order valence-electron chi connectivity index (χ2n) is 3.34. The molecule has 1 aromatic heterocycles. The van der Waals surface area contributed by atoms with E-state index >= 15 is 0 Å². The maximum atomic E-state index is 10.6. The summed E-state index contributed by atoms with van der Waals surface area (Å²) in [4.78, 5) is 19.1. The van der Waals surface area contributed by atoms with Crippen LogP contribution in [0.5, 0.6) is 0 Å². The molecule has 0 aromatic carbocycles. The number of carbonyl (C=O) groups excluding carboxylic acids is 1. The first-order valence-electron chi connectivity index (χ1n) is 4.88. The normalized spacial score (nSPS) is 9.80. The van der Waals surface area contributed by atoms with E-state index in [1.165, 1.54) is 6.92 Å². The lowest BCUT2D eigenvalue weighted by atomic mass is 10.3. The van der Waals surface area contributed by atoms with Crippen molar-refractivity contribution in [1.29, 1.82) is 0 Å². The van der Waals surface area contributed by atoms with Gasteiger partial charge in [-0.1, -0.05) is 0 Å². The highest BCUT2D eigenvalue weighted by atomic mass is 16.1. The molecular weight excluding hydrogens is 192 g/mol. The quantitative estimate of drug-likeness (QED) is 0.713. The maximum Gasteiger partial charge on any atom is 0.216 e. The predicted molar refractivity (Wildman–Crippen MR) is 58.7 cm³/mol. The lowest BCUT2D eigenvalue weighted by Gasteiger charge is -2.07. The van der Waals surface area contributed by atoms with Crippen molar-refractivity contribution in [2.24, 2.45) is 0 Å². The van der Waals surface area contributed by atoms with Gasteiger partial charge in [-0.25, -0.2) is 4.98 Å². The van der Waals surface area contributed by atoms with Gasteiger partial charge in [0, 0.05) is 20.0 Å². The third-order valence-electron chi connectivity index (χ3n) is 2.00. The molecule has 0 saturated carbocycles. The minimum absolute atomic E-state index is 0.0250. The molecule has 1 aromatic rings. The SMILES string of the molecule is CC(=O)NCCNc1cnc(C)c(C)n1. The highest BCUT2D eigenvalue weighted by Crippen LogP contribution is 2.04. The summed E-state index contributed by atoms with van der Waals surface area (Å²) in [5, 5.41) is 5.77. The van der Waals surface area contributed by atoms with Crippen LogP contribution in [0.2, 0.25) is 0 Å². The molecule has 0 bridgehead atoms. The van der Waals surface area contributed by atoms with Crippen LogP contribution < -0.4 is 10.6 Å². The van der Waals surface area contributed by atoms with Crippen LogP contribution in [-0.2, 0) is 4.79 Å². The Morgan fingerprint density at radius 1 is 1.33 bits per heavy atom. The molecule has 0 unspecified atom stereocenters. The van der Waals surface area contributed by atoms with E-state index in [2.05, 4.69) is 20.6 Å². The van der Waals surface area contributed by atoms with Gasteiger partial charge in [0.05, 0.1) is 17.6 Å². The number of rotatable bonds is 4. The van der Waals surface area contributed by atoms with E-state index in [1.54, 1.807) is 6.20 Å². The number of hydrogen-bond acceptors (Lipinski definition) is 4. The van der Waals surface area contributed by atoms with E-state index in [0.29, 0.717) is 13.1 Å². The first-order valence-corrected chi connectivity index (χ1v) is 4.88. The monoisotopic (exact) mass is 208 g/mol. The number of aryl methyl sites for hydroxylation is 2. The molecule has 0 aliphatic carbocycles. The highest BCUT2D eigenvalue weighted by molar-refractivity contribution is 5.72. The van der Waals surface area contributed by atoms with Crippen molar-refractivity contribution >= 4 is 11.7 Å². The van der Waals surface area contributed by atoms with Crippen LogP contribution >= 0.6 is 0 Å². The molecule has 5 nitrogen and oxygen atoms in total. The minimum atomic E-state index is -0.0250. The van der Waals surface area contributed by atoms with Crippen molar-refractivity contribution in [3.63, 3.8) is 0 Å². The van der Waals surface area contributed by atoms with E-state index in [4.69, 9.17) is 0 Å². The van der Waals surface area contributed by atoms with Crippen LogP contribution in [0.3, 0.4) is 0 Å². The fraction of sp³-hybridized carbons (Fsp3) is 0.500. The summed E-state index contributed by atoms with van der Waals surface area (Å²) in [5.41, 5.74) is 1.85. The summed E-state index contributed by atoms with van der Waals surface area (Å²) >= 11 is 0. The number of nitrogens with one attached hydrogen (secondary N) is 2. The lowest BCUT2D eigenvalue weighted by Crippen LogP contribution is -2.26. The van der Waals surface area contributed by atoms with E-state index in [-0.39, 0.29) is 5.91 Å². The first kappa shape index (κ1) is 11.4. The molecule has 5 heteroatoms. The molecule has 82 valence electrons. The standard InChI is InChI=1S/C10H16N4O/c1-7-8(2)14-10(6-13-7)12-5-4-11-9(3)15/h6H,4-5H2,1-3H3,(H,11,15)(H,12,14). The van der Waals surface area contributed by atoms with Crippen LogP contribution in [0, 0.1) is 13.8 Å². The third-order valence-corrected chi connectivity index (χ3v) is 2.00. The second-order valence-corrected chi connectivity index (χ2v) is 3.34. The Hall–Kier alpha value is -1.65. The molecule has 0 spiro atoms. The zero-order chi connectivity index (χ0) is 11.3. The predicted octanol–water partition coefficient (Wildman–Crippen LogP) is 0.641. The van der Waals surface area contributed by atoms with Gasteiger partial charge in [-0.2, -0.15) is 0 Å². The fourth-order valence-electron chi connectivity index (χ4n) is 1.06. The molecule has 0 aliphatic heterocycles. The van der Waals surface area contributed by atoms with Crippen LogP contribution in [0.4, 0.5) is 5.82 Å². The summed E-state index contributed by atoms with van der Waals surface area (Å²) in [7, 11) is 0. The maximum absolute atomic E-state index is 10.6. The topological polar surface area (TPSA) is 66.9 Å². The molecule has 0 radical (unpaired) electrons. The van der Waals surface area contributed by atoms with Gasteiger partial charge in [0.25, 0.3) is 0 Å². The summed E-state index contributed by atoms with van der Waals surface area (Å²) in [6, 6.07) is 0. The Bertz CT molecular complexity index is 351. The van der Waals surface area contributed by atoms with Crippen LogP contribution in [0.1, 0.15) is 18.3 Å². The van der Waals surface area contributed by atoms with Gasteiger partial charge in [-0.05, 0) is 13.8 Å². The number of hydrogen-bond donors (Lipinski definition) is 2. The number of anilines is 1. The number of amides is 1. The molecule has 1 heterocycles. The zero-order valence-corrected chi connectivity index (χ0v) is 9.29.